The molecule has 134 valence electrons. The van der Waals surface area contributed by atoms with Crippen LogP contribution in [0.4, 0.5) is 0 Å². The van der Waals surface area contributed by atoms with Crippen LogP contribution in [0.1, 0.15) is 117 Å². The van der Waals surface area contributed by atoms with Crippen LogP contribution in [0.15, 0.2) is 0 Å². The molecule has 2 N–H and O–H groups in total. The zero-order valence-electron chi connectivity index (χ0n) is 15.4. The monoisotopic (exact) mass is 314 g/mol. The molecule has 2 unspecified atom stereocenters. The van der Waals surface area contributed by atoms with Crippen LogP contribution in [0.2, 0.25) is 0 Å². The highest BCUT2D eigenvalue weighted by Crippen LogP contribution is 2.14. The summed E-state index contributed by atoms with van der Waals surface area (Å²) in [6, 6.07) is 0. The van der Waals surface area contributed by atoms with Crippen LogP contribution in [-0.4, -0.2) is 22.4 Å². The van der Waals surface area contributed by atoms with Crippen molar-refractivity contribution in [1.29, 1.82) is 0 Å². The molecular formula is C20H42O2. The predicted molar refractivity (Wildman–Crippen MR) is 97.2 cm³/mol. The highest BCUT2D eigenvalue weighted by Gasteiger charge is 2.09. The summed E-state index contributed by atoms with van der Waals surface area (Å²) in [6.45, 7) is 4.23. The Bertz CT molecular complexity index is 206. The van der Waals surface area contributed by atoms with Crippen molar-refractivity contribution in [1.82, 2.24) is 0 Å². The van der Waals surface area contributed by atoms with Gasteiger partial charge in [-0.1, -0.05) is 97.3 Å². The van der Waals surface area contributed by atoms with Gasteiger partial charge in [0.25, 0.3) is 0 Å². The molecule has 0 aliphatic rings. The maximum absolute atomic E-state index is 9.77. The molecule has 0 fully saturated rings. The minimum atomic E-state index is -0.322. The minimum absolute atomic E-state index is 0.303. The Balaban J connectivity index is 3.11. The fourth-order valence-corrected chi connectivity index (χ4v) is 3.00. The molecule has 0 aliphatic heterocycles. The largest absolute Gasteiger partial charge is 0.393 e. The third-order valence-corrected chi connectivity index (χ3v) is 4.66. The third kappa shape index (κ3) is 16.3. The van der Waals surface area contributed by atoms with E-state index in [1.807, 2.05) is 6.92 Å². The quantitative estimate of drug-likeness (QED) is 0.324. The molecule has 2 nitrogen and oxygen atoms in total. The summed E-state index contributed by atoms with van der Waals surface area (Å²) in [5.74, 6) is 0. The topological polar surface area (TPSA) is 40.5 Å². The van der Waals surface area contributed by atoms with Gasteiger partial charge in [0, 0.05) is 0 Å². The van der Waals surface area contributed by atoms with Crippen molar-refractivity contribution in [3.8, 4) is 0 Å². The number of rotatable bonds is 17. The molecule has 0 amide bonds. The Morgan fingerprint density at radius 2 is 0.955 bits per heavy atom. The van der Waals surface area contributed by atoms with Crippen LogP contribution >= 0.6 is 0 Å². The zero-order valence-corrected chi connectivity index (χ0v) is 15.4. The SMILES string of the molecule is CCCCCCCCCCCCCCCC(O)CC(O)CC. The van der Waals surface area contributed by atoms with Gasteiger partial charge in [-0.25, -0.2) is 0 Å². The van der Waals surface area contributed by atoms with Gasteiger partial charge in [-0.2, -0.15) is 0 Å². The van der Waals surface area contributed by atoms with E-state index in [1.165, 1.54) is 77.0 Å². The lowest BCUT2D eigenvalue weighted by Crippen LogP contribution is -2.16. The molecule has 0 aromatic rings. The van der Waals surface area contributed by atoms with Gasteiger partial charge in [-0.15, -0.1) is 0 Å². The first kappa shape index (κ1) is 21.9. The van der Waals surface area contributed by atoms with E-state index in [1.54, 1.807) is 0 Å². The van der Waals surface area contributed by atoms with Crippen LogP contribution in [0.3, 0.4) is 0 Å². The summed E-state index contributed by atoms with van der Waals surface area (Å²) in [5, 5.41) is 19.2. The van der Waals surface area contributed by atoms with E-state index in [0.29, 0.717) is 6.42 Å². The molecule has 0 rings (SSSR count). The minimum Gasteiger partial charge on any atom is -0.393 e. The molecule has 0 radical (unpaired) electrons. The average Bonchev–Trinajstić information content (AvgIpc) is 2.51. The molecule has 0 aromatic carbocycles. The molecule has 22 heavy (non-hydrogen) atoms. The summed E-state index contributed by atoms with van der Waals surface area (Å²) < 4.78 is 0. The van der Waals surface area contributed by atoms with Crippen molar-refractivity contribution < 1.29 is 10.2 Å². The van der Waals surface area contributed by atoms with Gasteiger partial charge < -0.3 is 10.2 Å². The Morgan fingerprint density at radius 3 is 1.36 bits per heavy atom. The first-order valence-corrected chi connectivity index (χ1v) is 10.1. The van der Waals surface area contributed by atoms with Crippen molar-refractivity contribution in [3.63, 3.8) is 0 Å². The molecule has 0 spiro atoms. The Hall–Kier alpha value is -0.0800. The van der Waals surface area contributed by atoms with Gasteiger partial charge in [0.1, 0.15) is 0 Å². The van der Waals surface area contributed by atoms with Crippen molar-refractivity contribution in [2.45, 2.75) is 129 Å². The summed E-state index contributed by atoms with van der Waals surface area (Å²) in [7, 11) is 0. The highest BCUT2D eigenvalue weighted by molar-refractivity contribution is 4.62. The number of aliphatic hydroxyl groups excluding tert-OH is 2. The molecule has 0 saturated heterocycles. The Kier molecular flexibility index (Phi) is 17.2. The molecule has 0 aliphatic carbocycles. The summed E-state index contributed by atoms with van der Waals surface area (Å²) in [4.78, 5) is 0. The highest BCUT2D eigenvalue weighted by atomic mass is 16.3. The van der Waals surface area contributed by atoms with E-state index < -0.39 is 0 Å². The van der Waals surface area contributed by atoms with Gasteiger partial charge in [-0.3, -0.25) is 0 Å². The van der Waals surface area contributed by atoms with Gasteiger partial charge in [0.05, 0.1) is 12.2 Å². The summed E-state index contributed by atoms with van der Waals surface area (Å²) >= 11 is 0. The van der Waals surface area contributed by atoms with Crippen LogP contribution in [0.5, 0.6) is 0 Å². The lowest BCUT2D eigenvalue weighted by atomic mass is 10.0. The fraction of sp³-hybridized carbons (Fsp3) is 1.00. The van der Waals surface area contributed by atoms with Crippen LogP contribution < -0.4 is 0 Å². The van der Waals surface area contributed by atoms with Gasteiger partial charge in [0.15, 0.2) is 0 Å². The van der Waals surface area contributed by atoms with E-state index in [9.17, 15) is 10.2 Å². The number of unbranched alkanes of at least 4 members (excludes halogenated alkanes) is 12. The fourth-order valence-electron chi connectivity index (χ4n) is 3.00. The lowest BCUT2D eigenvalue weighted by molar-refractivity contribution is 0.0721. The second-order valence-electron chi connectivity index (χ2n) is 6.98. The van der Waals surface area contributed by atoms with Crippen molar-refractivity contribution in [2.75, 3.05) is 0 Å². The van der Waals surface area contributed by atoms with Gasteiger partial charge in [0.2, 0.25) is 0 Å². The molecular weight excluding hydrogens is 272 g/mol. The maximum atomic E-state index is 9.77. The van der Waals surface area contributed by atoms with E-state index in [0.717, 1.165) is 19.3 Å². The Labute approximate surface area is 139 Å². The number of hydrogen-bond donors (Lipinski definition) is 2. The molecule has 0 bridgehead atoms. The molecule has 0 heterocycles. The summed E-state index contributed by atoms with van der Waals surface area (Å²) in [5.41, 5.74) is 0. The first-order valence-electron chi connectivity index (χ1n) is 10.1. The van der Waals surface area contributed by atoms with Crippen molar-refractivity contribution in [3.05, 3.63) is 0 Å². The standard InChI is InChI=1S/C20H42O2/c1-3-5-6-7-8-9-10-11-12-13-14-15-16-17-20(22)18-19(21)4-2/h19-22H,3-18H2,1-2H3. The number of aliphatic hydroxyl groups is 2. The summed E-state index contributed by atoms with van der Waals surface area (Å²) in [6.07, 6.45) is 19.2. The van der Waals surface area contributed by atoms with Crippen LogP contribution in [-0.2, 0) is 0 Å². The lowest BCUT2D eigenvalue weighted by Gasteiger charge is -2.13. The van der Waals surface area contributed by atoms with E-state index >= 15 is 0 Å². The van der Waals surface area contributed by atoms with E-state index in [2.05, 4.69) is 6.92 Å². The van der Waals surface area contributed by atoms with Crippen molar-refractivity contribution in [2.24, 2.45) is 0 Å². The third-order valence-electron chi connectivity index (χ3n) is 4.66. The second kappa shape index (κ2) is 17.3. The van der Waals surface area contributed by atoms with Gasteiger partial charge >= 0.3 is 0 Å². The predicted octanol–water partition coefficient (Wildman–Crippen LogP) is 5.99. The van der Waals surface area contributed by atoms with Gasteiger partial charge in [-0.05, 0) is 19.3 Å². The normalized spacial score (nSPS) is 14.2. The molecule has 0 aromatic heterocycles. The van der Waals surface area contributed by atoms with Crippen molar-refractivity contribution >= 4 is 0 Å². The molecule has 2 heteroatoms. The molecule has 0 saturated carbocycles. The smallest absolute Gasteiger partial charge is 0.0564 e. The first-order chi connectivity index (χ1) is 10.7. The Morgan fingerprint density at radius 1 is 0.545 bits per heavy atom. The van der Waals surface area contributed by atoms with Crippen LogP contribution in [0, 0.1) is 0 Å². The van der Waals surface area contributed by atoms with E-state index in [-0.39, 0.29) is 12.2 Å². The molecule has 2 atom stereocenters. The average molecular weight is 315 g/mol. The second-order valence-corrected chi connectivity index (χ2v) is 6.98. The van der Waals surface area contributed by atoms with E-state index in [4.69, 9.17) is 0 Å². The zero-order chi connectivity index (χ0) is 16.5. The maximum Gasteiger partial charge on any atom is 0.0564 e. The van der Waals surface area contributed by atoms with Crippen LogP contribution in [0.25, 0.3) is 0 Å². The number of hydrogen-bond acceptors (Lipinski definition) is 2.